The summed E-state index contributed by atoms with van der Waals surface area (Å²) in [5.74, 6) is 0.0749. The fraction of sp³-hybridized carbons (Fsp3) is 0.421. The number of hydrogen-bond donors (Lipinski definition) is 0. The molecule has 25 heavy (non-hydrogen) atoms. The molecular formula is C19H23N5O. The molecule has 3 aromatic rings. The van der Waals surface area contributed by atoms with Crippen LogP contribution in [0.25, 0.3) is 11.0 Å². The molecule has 1 aliphatic heterocycles. The number of aromatic nitrogens is 4. The summed E-state index contributed by atoms with van der Waals surface area (Å²) < 4.78 is 4.01. The summed E-state index contributed by atoms with van der Waals surface area (Å²) in [5, 5.41) is 5.34. The van der Waals surface area contributed by atoms with Crippen molar-refractivity contribution in [2.45, 2.75) is 39.8 Å². The van der Waals surface area contributed by atoms with Gasteiger partial charge in [0.1, 0.15) is 0 Å². The van der Waals surface area contributed by atoms with Crippen molar-refractivity contribution in [3.05, 3.63) is 47.0 Å². The Balaban J connectivity index is 1.83. The summed E-state index contributed by atoms with van der Waals surface area (Å²) in [5.41, 5.74) is 4.39. The molecule has 3 aromatic heterocycles. The van der Waals surface area contributed by atoms with Gasteiger partial charge in [-0.2, -0.15) is 5.10 Å². The summed E-state index contributed by atoms with van der Waals surface area (Å²) in [7, 11) is 1.87. The SMILES string of the molecule is CC[C@@H]1c2cccn2CCN1C(=O)c1cc(C)nc2c1c(C)nn2C. The van der Waals surface area contributed by atoms with Crippen molar-refractivity contribution < 1.29 is 4.79 Å². The minimum Gasteiger partial charge on any atom is -0.348 e. The van der Waals surface area contributed by atoms with E-state index in [1.807, 2.05) is 31.9 Å². The molecule has 0 saturated carbocycles. The van der Waals surface area contributed by atoms with Crippen molar-refractivity contribution in [1.29, 1.82) is 0 Å². The number of nitrogens with zero attached hydrogens (tertiary/aromatic N) is 5. The molecule has 4 heterocycles. The largest absolute Gasteiger partial charge is 0.348 e. The molecule has 1 atom stereocenters. The molecule has 0 N–H and O–H groups in total. The van der Waals surface area contributed by atoms with E-state index in [0.717, 1.165) is 41.9 Å². The summed E-state index contributed by atoms with van der Waals surface area (Å²) in [6.45, 7) is 7.56. The van der Waals surface area contributed by atoms with E-state index < -0.39 is 0 Å². The smallest absolute Gasteiger partial charge is 0.255 e. The van der Waals surface area contributed by atoms with E-state index in [2.05, 4.69) is 39.9 Å². The zero-order chi connectivity index (χ0) is 17.7. The summed E-state index contributed by atoms with van der Waals surface area (Å²) in [6.07, 6.45) is 2.99. The van der Waals surface area contributed by atoms with Crippen LogP contribution in [-0.2, 0) is 13.6 Å². The Kier molecular flexibility index (Phi) is 3.63. The number of carbonyl (C=O) groups is 1. The molecular weight excluding hydrogens is 314 g/mol. The monoisotopic (exact) mass is 337 g/mol. The van der Waals surface area contributed by atoms with E-state index in [1.165, 1.54) is 5.69 Å². The molecule has 4 rings (SSSR count). The van der Waals surface area contributed by atoms with Crippen LogP contribution in [0.15, 0.2) is 24.4 Å². The van der Waals surface area contributed by atoms with Crippen molar-refractivity contribution in [3.63, 3.8) is 0 Å². The maximum atomic E-state index is 13.5. The van der Waals surface area contributed by atoms with E-state index in [9.17, 15) is 4.79 Å². The highest BCUT2D eigenvalue weighted by Crippen LogP contribution is 2.32. The third-order valence-corrected chi connectivity index (χ3v) is 5.14. The highest BCUT2D eigenvalue weighted by molar-refractivity contribution is 6.06. The Bertz CT molecular complexity index is 968. The van der Waals surface area contributed by atoms with Crippen LogP contribution < -0.4 is 0 Å². The lowest BCUT2D eigenvalue weighted by Gasteiger charge is -2.36. The first-order chi connectivity index (χ1) is 12.0. The minimum atomic E-state index is 0.0749. The van der Waals surface area contributed by atoms with Gasteiger partial charge in [-0.1, -0.05) is 6.92 Å². The van der Waals surface area contributed by atoms with Gasteiger partial charge in [0.05, 0.1) is 22.7 Å². The van der Waals surface area contributed by atoms with Crippen LogP contribution in [0.1, 0.15) is 46.8 Å². The van der Waals surface area contributed by atoms with E-state index >= 15 is 0 Å². The van der Waals surface area contributed by atoms with Crippen molar-refractivity contribution in [3.8, 4) is 0 Å². The van der Waals surface area contributed by atoms with Gasteiger partial charge in [-0.3, -0.25) is 9.48 Å². The Labute approximate surface area is 147 Å². The average Bonchev–Trinajstić information content (AvgIpc) is 3.17. The van der Waals surface area contributed by atoms with Crippen LogP contribution in [0.3, 0.4) is 0 Å². The van der Waals surface area contributed by atoms with Gasteiger partial charge in [0.2, 0.25) is 0 Å². The van der Waals surface area contributed by atoms with Crippen molar-refractivity contribution >= 4 is 16.9 Å². The van der Waals surface area contributed by atoms with Crippen molar-refractivity contribution in [1.82, 2.24) is 24.2 Å². The summed E-state index contributed by atoms with van der Waals surface area (Å²) in [6, 6.07) is 6.19. The zero-order valence-corrected chi connectivity index (χ0v) is 15.2. The Morgan fingerprint density at radius 3 is 2.88 bits per heavy atom. The van der Waals surface area contributed by atoms with Gasteiger partial charge in [-0.15, -0.1) is 0 Å². The highest BCUT2D eigenvalue weighted by Gasteiger charge is 2.31. The van der Waals surface area contributed by atoms with E-state index in [-0.39, 0.29) is 11.9 Å². The van der Waals surface area contributed by atoms with Gasteiger partial charge in [0, 0.05) is 37.7 Å². The molecule has 0 saturated heterocycles. The van der Waals surface area contributed by atoms with Crippen LogP contribution in [0.2, 0.25) is 0 Å². The fourth-order valence-electron chi connectivity index (χ4n) is 4.03. The van der Waals surface area contributed by atoms with Crippen LogP contribution in [-0.4, -0.2) is 36.7 Å². The van der Waals surface area contributed by atoms with Crippen LogP contribution in [0.5, 0.6) is 0 Å². The van der Waals surface area contributed by atoms with E-state index in [4.69, 9.17) is 0 Å². The van der Waals surface area contributed by atoms with Gasteiger partial charge in [-0.05, 0) is 38.5 Å². The Hall–Kier alpha value is -2.63. The van der Waals surface area contributed by atoms with Crippen molar-refractivity contribution in [2.75, 3.05) is 6.54 Å². The molecule has 0 bridgehead atoms. The van der Waals surface area contributed by atoms with Gasteiger partial charge >= 0.3 is 0 Å². The maximum Gasteiger partial charge on any atom is 0.255 e. The number of fused-ring (bicyclic) bond motifs is 2. The Morgan fingerprint density at radius 1 is 1.32 bits per heavy atom. The summed E-state index contributed by atoms with van der Waals surface area (Å²) in [4.78, 5) is 20.1. The van der Waals surface area contributed by atoms with E-state index in [0.29, 0.717) is 5.56 Å². The minimum absolute atomic E-state index is 0.0749. The maximum absolute atomic E-state index is 13.5. The van der Waals surface area contributed by atoms with Gasteiger partial charge in [0.15, 0.2) is 5.65 Å². The number of aryl methyl sites for hydroxylation is 3. The first kappa shape index (κ1) is 15.9. The molecule has 1 aliphatic rings. The Morgan fingerprint density at radius 2 is 2.12 bits per heavy atom. The molecule has 0 aliphatic carbocycles. The van der Waals surface area contributed by atoms with Crippen LogP contribution in [0.4, 0.5) is 0 Å². The first-order valence-electron chi connectivity index (χ1n) is 8.78. The zero-order valence-electron chi connectivity index (χ0n) is 15.2. The molecule has 0 aromatic carbocycles. The van der Waals surface area contributed by atoms with Gasteiger partial charge in [0.25, 0.3) is 5.91 Å². The second-order valence-corrected chi connectivity index (χ2v) is 6.77. The predicted octanol–water partition coefficient (Wildman–Crippen LogP) is 2.99. The summed E-state index contributed by atoms with van der Waals surface area (Å²) >= 11 is 0. The molecule has 0 fully saturated rings. The van der Waals surface area contributed by atoms with Crippen LogP contribution >= 0.6 is 0 Å². The lowest BCUT2D eigenvalue weighted by molar-refractivity contribution is 0.0619. The lowest BCUT2D eigenvalue weighted by atomic mass is 10.0. The number of rotatable bonds is 2. The number of pyridine rings is 1. The third-order valence-electron chi connectivity index (χ3n) is 5.14. The predicted molar refractivity (Wildman–Crippen MR) is 96.5 cm³/mol. The molecule has 130 valence electrons. The number of carbonyl (C=O) groups excluding carboxylic acids is 1. The quantitative estimate of drug-likeness (QED) is 0.722. The molecule has 6 nitrogen and oxygen atoms in total. The van der Waals surface area contributed by atoms with E-state index in [1.54, 1.807) is 4.68 Å². The fourth-order valence-corrected chi connectivity index (χ4v) is 4.03. The highest BCUT2D eigenvalue weighted by atomic mass is 16.2. The lowest BCUT2D eigenvalue weighted by Crippen LogP contribution is -2.41. The number of amides is 1. The molecule has 6 heteroatoms. The third kappa shape index (κ3) is 2.35. The molecule has 1 amide bonds. The second kappa shape index (κ2) is 5.72. The normalized spacial score (nSPS) is 17.1. The van der Waals surface area contributed by atoms with Crippen LogP contribution in [0, 0.1) is 13.8 Å². The molecule has 0 radical (unpaired) electrons. The molecule has 0 spiro atoms. The first-order valence-corrected chi connectivity index (χ1v) is 8.78. The molecule has 0 unspecified atom stereocenters. The topological polar surface area (TPSA) is 56.0 Å². The van der Waals surface area contributed by atoms with Crippen molar-refractivity contribution in [2.24, 2.45) is 7.05 Å². The second-order valence-electron chi connectivity index (χ2n) is 6.77. The van der Waals surface area contributed by atoms with Gasteiger partial charge in [-0.25, -0.2) is 4.98 Å². The average molecular weight is 337 g/mol. The number of hydrogen-bond acceptors (Lipinski definition) is 3. The van der Waals surface area contributed by atoms with Gasteiger partial charge < -0.3 is 9.47 Å². The standard InChI is InChI=1S/C19H23N5O/c1-5-15-16-7-6-8-23(16)9-10-24(15)19(25)14-11-12(2)20-18-17(14)13(3)21-22(18)4/h6-8,11,15H,5,9-10H2,1-4H3/t15-/m1/s1.